The average Bonchev–Trinajstić information content (AvgIpc) is 2.48. The van der Waals surface area contributed by atoms with Crippen molar-refractivity contribution in [2.75, 3.05) is 27.2 Å². The second kappa shape index (κ2) is 7.29. The molecular weight excluding hydrogens is 252 g/mol. The summed E-state index contributed by atoms with van der Waals surface area (Å²) in [5.74, 6) is 1.50. The minimum atomic E-state index is 0.144. The van der Waals surface area contributed by atoms with E-state index >= 15 is 0 Å². The van der Waals surface area contributed by atoms with E-state index in [1.807, 2.05) is 24.3 Å². The molecule has 1 aromatic carbocycles. The van der Waals surface area contributed by atoms with Gasteiger partial charge in [-0.2, -0.15) is 0 Å². The molecule has 1 aromatic rings. The Bertz CT molecular complexity index is 440. The van der Waals surface area contributed by atoms with Crippen molar-refractivity contribution in [1.29, 1.82) is 0 Å². The number of carbonyl (C=O) groups excluding carboxylic acids is 1. The standard InChI is InChI=1S/C16H24N2O2/c1-18-9-7-13(8-10-18)11-16(19)17-12-14-5-3-4-6-15(14)20-2/h3-6,13H,7-12H2,1-2H3,(H,17,19). The lowest BCUT2D eigenvalue weighted by atomic mass is 9.93. The summed E-state index contributed by atoms with van der Waals surface area (Å²) >= 11 is 0. The number of amides is 1. The van der Waals surface area contributed by atoms with E-state index in [-0.39, 0.29) is 5.91 Å². The Kier molecular flexibility index (Phi) is 5.41. The first-order chi connectivity index (χ1) is 9.69. The van der Waals surface area contributed by atoms with E-state index in [1.165, 1.54) is 0 Å². The predicted molar refractivity (Wildman–Crippen MR) is 79.7 cm³/mol. The Hall–Kier alpha value is -1.55. The van der Waals surface area contributed by atoms with Crippen LogP contribution in [0.3, 0.4) is 0 Å². The first kappa shape index (κ1) is 14.9. The molecular formula is C16H24N2O2. The topological polar surface area (TPSA) is 41.6 Å². The van der Waals surface area contributed by atoms with Crippen LogP contribution >= 0.6 is 0 Å². The zero-order valence-corrected chi connectivity index (χ0v) is 12.4. The predicted octanol–water partition coefficient (Wildman–Crippen LogP) is 2.04. The molecule has 0 saturated carbocycles. The van der Waals surface area contributed by atoms with Crippen LogP contribution in [0.2, 0.25) is 0 Å². The van der Waals surface area contributed by atoms with Gasteiger partial charge in [0, 0.05) is 18.5 Å². The molecule has 0 radical (unpaired) electrons. The number of hydrogen-bond donors (Lipinski definition) is 1. The molecule has 4 nitrogen and oxygen atoms in total. The quantitative estimate of drug-likeness (QED) is 0.895. The van der Waals surface area contributed by atoms with Crippen molar-refractivity contribution in [3.05, 3.63) is 29.8 Å². The summed E-state index contributed by atoms with van der Waals surface area (Å²) in [5.41, 5.74) is 1.02. The molecule has 0 aromatic heterocycles. The van der Waals surface area contributed by atoms with Crippen LogP contribution in [-0.4, -0.2) is 38.1 Å². The maximum Gasteiger partial charge on any atom is 0.220 e. The highest BCUT2D eigenvalue weighted by Gasteiger charge is 2.19. The number of likely N-dealkylation sites (tertiary alicyclic amines) is 1. The van der Waals surface area contributed by atoms with Gasteiger partial charge in [0.05, 0.1) is 7.11 Å². The number of nitrogens with zero attached hydrogens (tertiary/aromatic N) is 1. The molecule has 2 rings (SSSR count). The van der Waals surface area contributed by atoms with E-state index in [1.54, 1.807) is 7.11 Å². The van der Waals surface area contributed by atoms with Gasteiger partial charge >= 0.3 is 0 Å². The first-order valence-corrected chi connectivity index (χ1v) is 7.26. The van der Waals surface area contributed by atoms with Crippen LogP contribution in [0.25, 0.3) is 0 Å². The second-order valence-corrected chi connectivity index (χ2v) is 5.54. The van der Waals surface area contributed by atoms with Gasteiger partial charge in [-0.25, -0.2) is 0 Å². The van der Waals surface area contributed by atoms with Crippen LogP contribution in [0.15, 0.2) is 24.3 Å². The highest BCUT2D eigenvalue weighted by molar-refractivity contribution is 5.76. The van der Waals surface area contributed by atoms with Gasteiger partial charge in [-0.1, -0.05) is 18.2 Å². The van der Waals surface area contributed by atoms with Gasteiger partial charge in [-0.05, 0) is 45.0 Å². The number of rotatable bonds is 5. The molecule has 1 heterocycles. The molecule has 1 amide bonds. The molecule has 1 aliphatic heterocycles. The van der Waals surface area contributed by atoms with Crippen molar-refractivity contribution in [3.63, 3.8) is 0 Å². The number of benzene rings is 1. The van der Waals surface area contributed by atoms with Crippen LogP contribution in [0, 0.1) is 5.92 Å². The highest BCUT2D eigenvalue weighted by atomic mass is 16.5. The molecule has 1 N–H and O–H groups in total. The number of ether oxygens (including phenoxy) is 1. The number of para-hydroxylation sites is 1. The number of carbonyl (C=O) groups is 1. The monoisotopic (exact) mass is 276 g/mol. The molecule has 1 fully saturated rings. The smallest absolute Gasteiger partial charge is 0.220 e. The molecule has 20 heavy (non-hydrogen) atoms. The fourth-order valence-corrected chi connectivity index (χ4v) is 2.64. The Morgan fingerprint density at radius 3 is 2.75 bits per heavy atom. The maximum atomic E-state index is 12.0. The van der Waals surface area contributed by atoms with Gasteiger partial charge in [0.15, 0.2) is 0 Å². The van der Waals surface area contributed by atoms with Crippen LogP contribution in [-0.2, 0) is 11.3 Å². The summed E-state index contributed by atoms with van der Waals surface area (Å²) in [4.78, 5) is 14.3. The van der Waals surface area contributed by atoms with Crippen LogP contribution < -0.4 is 10.1 Å². The van der Waals surface area contributed by atoms with Crippen LogP contribution in [0.1, 0.15) is 24.8 Å². The van der Waals surface area contributed by atoms with Crippen molar-refractivity contribution >= 4 is 5.91 Å². The first-order valence-electron chi connectivity index (χ1n) is 7.26. The van der Waals surface area contributed by atoms with Crippen molar-refractivity contribution < 1.29 is 9.53 Å². The molecule has 0 spiro atoms. The molecule has 1 aliphatic rings. The number of methoxy groups -OCH3 is 1. The van der Waals surface area contributed by atoms with Crippen molar-refractivity contribution in [3.8, 4) is 5.75 Å². The summed E-state index contributed by atoms with van der Waals surface area (Å²) in [6.07, 6.45) is 2.89. The summed E-state index contributed by atoms with van der Waals surface area (Å²) in [5, 5.41) is 3.00. The number of piperidine rings is 1. The molecule has 0 unspecified atom stereocenters. The Balaban J connectivity index is 1.77. The van der Waals surface area contributed by atoms with Crippen molar-refractivity contribution in [1.82, 2.24) is 10.2 Å². The number of hydrogen-bond acceptors (Lipinski definition) is 3. The van der Waals surface area contributed by atoms with E-state index in [0.29, 0.717) is 18.9 Å². The average molecular weight is 276 g/mol. The van der Waals surface area contributed by atoms with E-state index in [9.17, 15) is 4.79 Å². The molecule has 0 bridgehead atoms. The summed E-state index contributed by atoms with van der Waals surface area (Å²) < 4.78 is 5.28. The van der Waals surface area contributed by atoms with Crippen molar-refractivity contribution in [2.24, 2.45) is 5.92 Å². The summed E-state index contributed by atoms with van der Waals surface area (Å²) in [6, 6.07) is 7.79. The van der Waals surface area contributed by atoms with Gasteiger partial charge in [-0.3, -0.25) is 4.79 Å². The Morgan fingerprint density at radius 2 is 2.05 bits per heavy atom. The fraction of sp³-hybridized carbons (Fsp3) is 0.562. The molecule has 0 atom stereocenters. The summed E-state index contributed by atoms with van der Waals surface area (Å²) in [6.45, 7) is 2.74. The van der Waals surface area contributed by atoms with Crippen molar-refractivity contribution in [2.45, 2.75) is 25.8 Å². The largest absolute Gasteiger partial charge is 0.496 e. The van der Waals surface area contributed by atoms with Gasteiger partial charge in [0.25, 0.3) is 0 Å². The normalized spacial score (nSPS) is 16.9. The Morgan fingerprint density at radius 1 is 1.35 bits per heavy atom. The van der Waals surface area contributed by atoms with Gasteiger partial charge < -0.3 is 15.0 Å². The molecule has 110 valence electrons. The lowest BCUT2D eigenvalue weighted by Crippen LogP contribution is -2.33. The SMILES string of the molecule is COc1ccccc1CNC(=O)CC1CCN(C)CC1. The summed E-state index contributed by atoms with van der Waals surface area (Å²) in [7, 11) is 3.79. The van der Waals surface area contributed by atoms with E-state index in [0.717, 1.165) is 37.2 Å². The second-order valence-electron chi connectivity index (χ2n) is 5.54. The lowest BCUT2D eigenvalue weighted by Gasteiger charge is -2.28. The van der Waals surface area contributed by atoms with Gasteiger partial charge in [0.2, 0.25) is 5.91 Å². The lowest BCUT2D eigenvalue weighted by molar-refractivity contribution is -0.122. The van der Waals surface area contributed by atoms with Gasteiger partial charge in [0.1, 0.15) is 5.75 Å². The third kappa shape index (κ3) is 4.23. The third-order valence-corrected chi connectivity index (χ3v) is 3.98. The van der Waals surface area contributed by atoms with E-state index < -0.39 is 0 Å². The molecule has 0 aliphatic carbocycles. The zero-order valence-electron chi connectivity index (χ0n) is 12.4. The molecule has 4 heteroatoms. The van der Waals surface area contributed by atoms with Crippen LogP contribution in [0.4, 0.5) is 0 Å². The highest BCUT2D eigenvalue weighted by Crippen LogP contribution is 2.20. The molecule has 1 saturated heterocycles. The fourth-order valence-electron chi connectivity index (χ4n) is 2.64. The van der Waals surface area contributed by atoms with E-state index in [2.05, 4.69) is 17.3 Å². The Labute approximate surface area is 121 Å². The van der Waals surface area contributed by atoms with Gasteiger partial charge in [-0.15, -0.1) is 0 Å². The third-order valence-electron chi connectivity index (χ3n) is 3.98. The van der Waals surface area contributed by atoms with Crippen LogP contribution in [0.5, 0.6) is 5.75 Å². The zero-order chi connectivity index (χ0) is 14.4. The van der Waals surface area contributed by atoms with E-state index in [4.69, 9.17) is 4.74 Å². The minimum absolute atomic E-state index is 0.144. The minimum Gasteiger partial charge on any atom is -0.496 e. The maximum absolute atomic E-state index is 12.0. The number of nitrogens with one attached hydrogen (secondary N) is 1.